The Morgan fingerprint density at radius 3 is 2.77 bits per heavy atom. The zero-order valence-corrected chi connectivity index (χ0v) is 18.4. The molecule has 3 aromatic rings. The van der Waals surface area contributed by atoms with Crippen molar-refractivity contribution in [3.8, 4) is 0 Å². The summed E-state index contributed by atoms with van der Waals surface area (Å²) in [6, 6.07) is 6.95. The lowest BCUT2D eigenvalue weighted by Gasteiger charge is -2.27. The van der Waals surface area contributed by atoms with Crippen molar-refractivity contribution in [2.24, 2.45) is 0 Å². The van der Waals surface area contributed by atoms with Gasteiger partial charge in [0.15, 0.2) is 0 Å². The fourth-order valence-electron chi connectivity index (χ4n) is 3.63. The third-order valence-electron chi connectivity index (χ3n) is 5.29. The first-order chi connectivity index (χ1) is 14.7. The van der Waals surface area contributed by atoms with Gasteiger partial charge in [-0.25, -0.2) is 9.69 Å². The summed E-state index contributed by atoms with van der Waals surface area (Å²) in [5, 5.41) is 4.61. The molecule has 4 rings (SSSR count). The number of carbonyl (C=O) groups is 1. The zero-order chi connectivity index (χ0) is 22.3. The number of halogens is 1. The maximum absolute atomic E-state index is 12.8. The number of aromatic nitrogens is 4. The van der Waals surface area contributed by atoms with E-state index in [1.54, 1.807) is 31.2 Å². The van der Waals surface area contributed by atoms with Crippen LogP contribution in [0.5, 0.6) is 0 Å². The van der Waals surface area contributed by atoms with E-state index in [-0.39, 0.29) is 23.5 Å². The van der Waals surface area contributed by atoms with Crippen LogP contribution in [0.25, 0.3) is 10.9 Å². The molecule has 0 unspecified atom stereocenters. The molecule has 10 heteroatoms. The Hall–Kier alpha value is -3.20. The summed E-state index contributed by atoms with van der Waals surface area (Å²) in [6.45, 7) is 7.69. The quantitative estimate of drug-likeness (QED) is 0.618. The Kier molecular flexibility index (Phi) is 5.30. The fourth-order valence-corrected chi connectivity index (χ4v) is 3.81. The van der Waals surface area contributed by atoms with Crippen molar-refractivity contribution in [2.45, 2.75) is 45.7 Å². The molecule has 2 N–H and O–H groups in total. The van der Waals surface area contributed by atoms with E-state index >= 15 is 0 Å². The van der Waals surface area contributed by atoms with Gasteiger partial charge in [-0.1, -0.05) is 18.5 Å². The second-order valence-electron chi connectivity index (χ2n) is 8.01. The fraction of sp³-hybridized carbons (Fsp3) is 0.381. The number of aryl methyl sites for hydroxylation is 1. The molecule has 1 fully saturated rings. The molecule has 9 nitrogen and oxygen atoms in total. The summed E-state index contributed by atoms with van der Waals surface area (Å²) in [7, 11) is 0. The molecule has 2 aromatic heterocycles. The van der Waals surface area contributed by atoms with Crippen LogP contribution in [-0.4, -0.2) is 38.7 Å². The molecule has 3 heterocycles. The molecule has 1 aliphatic rings. The lowest BCUT2D eigenvalue weighted by molar-refractivity contribution is 0.178. The SMILES string of the molecule is CC[C@H]1COC(=O)N1c1nc(C)nc(NC(C)(C)c2cc3cc(Cl)ccc3[nH]c2=O)n1. The Balaban J connectivity index is 1.71. The Morgan fingerprint density at radius 2 is 2.03 bits per heavy atom. The molecule has 162 valence electrons. The molecule has 0 bridgehead atoms. The van der Waals surface area contributed by atoms with Crippen LogP contribution in [0.1, 0.15) is 38.6 Å². The van der Waals surface area contributed by atoms with Crippen LogP contribution in [0.3, 0.4) is 0 Å². The zero-order valence-electron chi connectivity index (χ0n) is 17.7. The summed E-state index contributed by atoms with van der Waals surface area (Å²) in [4.78, 5) is 42.4. The van der Waals surface area contributed by atoms with Crippen LogP contribution >= 0.6 is 11.6 Å². The summed E-state index contributed by atoms with van der Waals surface area (Å²) in [5.74, 6) is 0.920. The Morgan fingerprint density at radius 1 is 1.26 bits per heavy atom. The van der Waals surface area contributed by atoms with E-state index in [1.807, 2.05) is 20.8 Å². The molecular weight excluding hydrogens is 420 g/mol. The highest BCUT2D eigenvalue weighted by Crippen LogP contribution is 2.27. The minimum absolute atomic E-state index is 0.136. The number of pyridine rings is 1. The number of hydrogen-bond acceptors (Lipinski definition) is 7. The number of aromatic amines is 1. The second-order valence-corrected chi connectivity index (χ2v) is 8.45. The number of amides is 1. The maximum Gasteiger partial charge on any atom is 0.417 e. The number of nitrogens with zero attached hydrogens (tertiary/aromatic N) is 4. The number of nitrogens with one attached hydrogen (secondary N) is 2. The highest BCUT2D eigenvalue weighted by molar-refractivity contribution is 6.31. The first-order valence-corrected chi connectivity index (χ1v) is 10.4. The molecule has 1 amide bonds. The van der Waals surface area contributed by atoms with Gasteiger partial charge in [0.05, 0.1) is 11.6 Å². The maximum atomic E-state index is 12.8. The van der Waals surface area contributed by atoms with Crippen LogP contribution in [0.2, 0.25) is 5.02 Å². The number of hydrogen-bond donors (Lipinski definition) is 2. The van der Waals surface area contributed by atoms with E-state index in [1.165, 1.54) is 4.90 Å². The molecule has 0 saturated carbocycles. The normalized spacial score (nSPS) is 16.6. The highest BCUT2D eigenvalue weighted by atomic mass is 35.5. The van der Waals surface area contributed by atoms with Crippen molar-refractivity contribution in [1.29, 1.82) is 0 Å². The van der Waals surface area contributed by atoms with Crippen LogP contribution in [0.4, 0.5) is 16.7 Å². The van der Waals surface area contributed by atoms with Gasteiger partial charge in [0.25, 0.3) is 5.56 Å². The van der Waals surface area contributed by atoms with Crippen molar-refractivity contribution in [2.75, 3.05) is 16.8 Å². The smallest absolute Gasteiger partial charge is 0.417 e. The molecule has 1 aromatic carbocycles. The molecule has 0 radical (unpaired) electrons. The largest absolute Gasteiger partial charge is 0.447 e. The van der Waals surface area contributed by atoms with E-state index in [2.05, 4.69) is 25.3 Å². The van der Waals surface area contributed by atoms with Gasteiger partial charge in [-0.05, 0) is 51.5 Å². The third-order valence-corrected chi connectivity index (χ3v) is 5.52. The van der Waals surface area contributed by atoms with Gasteiger partial charge in [0.1, 0.15) is 12.4 Å². The van der Waals surface area contributed by atoms with E-state index in [0.717, 1.165) is 5.39 Å². The summed E-state index contributed by atoms with van der Waals surface area (Å²) in [6.07, 6.45) is 0.227. The first kappa shape index (κ1) is 21.0. The molecule has 1 atom stereocenters. The van der Waals surface area contributed by atoms with Gasteiger partial charge in [0.2, 0.25) is 11.9 Å². The Labute approximate surface area is 183 Å². The monoisotopic (exact) mass is 442 g/mol. The standard InChI is InChI=1S/C21H23ClN6O3/c1-5-14-10-31-20(30)28(14)19-24-11(2)23-18(26-19)27-21(3,4)15-9-12-8-13(22)6-7-16(12)25-17(15)29/h6-9,14H,5,10H2,1-4H3,(H,25,29)(H,23,24,26,27)/t14-/m0/s1. The van der Waals surface area contributed by atoms with Crippen LogP contribution < -0.4 is 15.8 Å². The van der Waals surface area contributed by atoms with Crippen molar-refractivity contribution >= 4 is 40.5 Å². The average molecular weight is 443 g/mol. The summed E-state index contributed by atoms with van der Waals surface area (Å²) in [5.41, 5.74) is 0.136. The van der Waals surface area contributed by atoms with Gasteiger partial charge in [-0.2, -0.15) is 15.0 Å². The predicted molar refractivity (Wildman–Crippen MR) is 119 cm³/mol. The Bertz CT molecular complexity index is 1230. The van der Waals surface area contributed by atoms with Gasteiger partial charge in [0, 0.05) is 21.5 Å². The third kappa shape index (κ3) is 4.05. The number of rotatable bonds is 5. The van der Waals surface area contributed by atoms with Crippen LogP contribution in [-0.2, 0) is 10.3 Å². The van der Waals surface area contributed by atoms with Crippen molar-refractivity contribution in [1.82, 2.24) is 19.9 Å². The number of H-pyrrole nitrogens is 1. The highest BCUT2D eigenvalue weighted by Gasteiger charge is 2.36. The predicted octanol–water partition coefficient (Wildman–Crippen LogP) is 3.76. The molecular formula is C21H23ClN6O3. The molecule has 1 aliphatic heterocycles. The van der Waals surface area contributed by atoms with Crippen molar-refractivity contribution in [3.63, 3.8) is 0 Å². The summed E-state index contributed by atoms with van der Waals surface area (Å²) < 4.78 is 5.15. The van der Waals surface area contributed by atoms with E-state index in [0.29, 0.717) is 35.0 Å². The van der Waals surface area contributed by atoms with Crippen LogP contribution in [0.15, 0.2) is 29.1 Å². The molecule has 31 heavy (non-hydrogen) atoms. The number of carbonyl (C=O) groups excluding carboxylic acids is 1. The number of anilines is 2. The number of benzene rings is 1. The number of ether oxygens (including phenoxy) is 1. The van der Waals surface area contributed by atoms with Crippen molar-refractivity contribution < 1.29 is 9.53 Å². The van der Waals surface area contributed by atoms with Crippen molar-refractivity contribution in [3.05, 3.63) is 51.0 Å². The number of cyclic esters (lactones) is 1. The molecule has 1 saturated heterocycles. The van der Waals surface area contributed by atoms with Gasteiger partial charge in [-0.15, -0.1) is 0 Å². The lowest BCUT2D eigenvalue weighted by atomic mass is 9.94. The topological polar surface area (TPSA) is 113 Å². The van der Waals surface area contributed by atoms with Gasteiger partial charge in [-0.3, -0.25) is 4.79 Å². The minimum atomic E-state index is -0.829. The van der Waals surface area contributed by atoms with Gasteiger partial charge < -0.3 is 15.0 Å². The van der Waals surface area contributed by atoms with Crippen LogP contribution in [0, 0.1) is 6.92 Å². The first-order valence-electron chi connectivity index (χ1n) is 9.98. The molecule has 0 aliphatic carbocycles. The molecule has 0 spiro atoms. The summed E-state index contributed by atoms with van der Waals surface area (Å²) >= 11 is 6.11. The lowest BCUT2D eigenvalue weighted by Crippen LogP contribution is -2.37. The van der Waals surface area contributed by atoms with E-state index in [9.17, 15) is 9.59 Å². The second kappa shape index (κ2) is 7.81. The van der Waals surface area contributed by atoms with E-state index < -0.39 is 11.6 Å². The minimum Gasteiger partial charge on any atom is -0.447 e. The van der Waals surface area contributed by atoms with E-state index in [4.69, 9.17) is 16.3 Å². The number of fused-ring (bicyclic) bond motifs is 1. The van der Waals surface area contributed by atoms with Gasteiger partial charge >= 0.3 is 6.09 Å². The average Bonchev–Trinajstić information content (AvgIpc) is 3.07.